The lowest BCUT2D eigenvalue weighted by Gasteiger charge is -2.07. The fourth-order valence-electron chi connectivity index (χ4n) is 2.53. The fraction of sp³-hybridized carbons (Fsp3) is 0.333. The molecule has 2 rings (SSSR count). The van der Waals surface area contributed by atoms with Gasteiger partial charge in [0.1, 0.15) is 0 Å². The van der Waals surface area contributed by atoms with Crippen LogP contribution in [0.2, 0.25) is 0 Å². The van der Waals surface area contributed by atoms with Crippen molar-refractivity contribution < 1.29 is 22.7 Å². The Balaban J connectivity index is 1.83. The van der Waals surface area contributed by atoms with E-state index in [1.807, 2.05) is 19.1 Å². The molecule has 0 unspecified atom stereocenters. The van der Waals surface area contributed by atoms with Gasteiger partial charge in [-0.2, -0.15) is 0 Å². The standard InChI is InChI=1S/C21H24O5S/c1-3-4-17-7-9-18(10-8-17)20(22)15-26-21(23)13-14-27(24,25)19-11-5-16(2)6-12-19/h5-12H,3-4,13-15H2,1-2H3. The topological polar surface area (TPSA) is 77.5 Å². The molecule has 144 valence electrons. The summed E-state index contributed by atoms with van der Waals surface area (Å²) in [4.78, 5) is 24.1. The monoisotopic (exact) mass is 388 g/mol. The molecule has 2 aromatic rings. The summed E-state index contributed by atoms with van der Waals surface area (Å²) in [5, 5.41) is 0. The van der Waals surface area contributed by atoms with Gasteiger partial charge >= 0.3 is 5.97 Å². The molecule has 0 atom stereocenters. The Morgan fingerprint density at radius 2 is 1.59 bits per heavy atom. The van der Waals surface area contributed by atoms with Crippen molar-refractivity contribution in [1.29, 1.82) is 0 Å². The van der Waals surface area contributed by atoms with Crippen LogP contribution in [0.5, 0.6) is 0 Å². The summed E-state index contributed by atoms with van der Waals surface area (Å²) >= 11 is 0. The maximum atomic E-state index is 12.2. The number of benzene rings is 2. The Kier molecular flexibility index (Phi) is 7.30. The molecule has 27 heavy (non-hydrogen) atoms. The highest BCUT2D eigenvalue weighted by Crippen LogP contribution is 2.13. The maximum absolute atomic E-state index is 12.2. The molecule has 0 N–H and O–H groups in total. The van der Waals surface area contributed by atoms with E-state index in [4.69, 9.17) is 4.74 Å². The largest absolute Gasteiger partial charge is 0.457 e. The van der Waals surface area contributed by atoms with Gasteiger partial charge in [0.15, 0.2) is 22.2 Å². The van der Waals surface area contributed by atoms with Gasteiger partial charge in [0, 0.05) is 5.56 Å². The molecule has 0 radical (unpaired) electrons. The molecule has 6 heteroatoms. The molecule has 0 saturated heterocycles. The number of aryl methyl sites for hydroxylation is 2. The Labute approximate surface area is 160 Å². The number of carbonyl (C=O) groups excluding carboxylic acids is 2. The number of rotatable bonds is 9. The molecular formula is C21H24O5S. The van der Waals surface area contributed by atoms with Gasteiger partial charge in [-0.05, 0) is 31.0 Å². The van der Waals surface area contributed by atoms with Crippen molar-refractivity contribution in [1.82, 2.24) is 0 Å². The lowest BCUT2D eigenvalue weighted by molar-refractivity contribution is -0.142. The van der Waals surface area contributed by atoms with E-state index in [-0.39, 0.29) is 22.9 Å². The normalized spacial score (nSPS) is 11.2. The van der Waals surface area contributed by atoms with Crippen LogP contribution in [0.15, 0.2) is 53.4 Å². The van der Waals surface area contributed by atoms with Crippen molar-refractivity contribution in [3.8, 4) is 0 Å². The minimum atomic E-state index is -3.56. The Morgan fingerprint density at radius 1 is 0.963 bits per heavy atom. The van der Waals surface area contributed by atoms with Gasteiger partial charge in [-0.25, -0.2) is 8.42 Å². The molecule has 2 aromatic carbocycles. The third-order valence-electron chi connectivity index (χ3n) is 4.13. The van der Waals surface area contributed by atoms with Gasteiger partial charge < -0.3 is 4.74 Å². The first-order valence-electron chi connectivity index (χ1n) is 8.89. The number of sulfone groups is 1. The lowest BCUT2D eigenvalue weighted by atomic mass is 10.1. The van der Waals surface area contributed by atoms with Crippen molar-refractivity contribution >= 4 is 21.6 Å². The number of carbonyl (C=O) groups is 2. The molecule has 0 aliphatic heterocycles. The molecule has 0 bridgehead atoms. The zero-order valence-electron chi connectivity index (χ0n) is 15.6. The van der Waals surface area contributed by atoms with Gasteiger partial charge in [-0.3, -0.25) is 9.59 Å². The Bertz CT molecular complexity index is 881. The van der Waals surface area contributed by atoms with Crippen LogP contribution in [0.3, 0.4) is 0 Å². The molecule has 0 fully saturated rings. The first-order chi connectivity index (χ1) is 12.8. The van der Waals surface area contributed by atoms with Gasteiger partial charge in [-0.15, -0.1) is 0 Å². The average molecular weight is 388 g/mol. The zero-order valence-corrected chi connectivity index (χ0v) is 16.4. The Morgan fingerprint density at radius 3 is 2.19 bits per heavy atom. The Hall–Kier alpha value is -2.47. The molecular weight excluding hydrogens is 364 g/mol. The van der Waals surface area contributed by atoms with Crippen LogP contribution in [0.1, 0.15) is 41.3 Å². The summed E-state index contributed by atoms with van der Waals surface area (Å²) < 4.78 is 29.4. The average Bonchev–Trinajstić information content (AvgIpc) is 2.66. The summed E-state index contributed by atoms with van der Waals surface area (Å²) in [6, 6.07) is 13.6. The van der Waals surface area contributed by atoms with Gasteiger partial charge in [0.2, 0.25) is 0 Å². The van der Waals surface area contributed by atoms with E-state index in [0.717, 1.165) is 24.0 Å². The van der Waals surface area contributed by atoms with Crippen LogP contribution in [0.25, 0.3) is 0 Å². The van der Waals surface area contributed by atoms with Crippen LogP contribution in [0.4, 0.5) is 0 Å². The molecule has 0 spiro atoms. The number of hydrogen-bond acceptors (Lipinski definition) is 5. The van der Waals surface area contributed by atoms with Crippen LogP contribution >= 0.6 is 0 Å². The first-order valence-corrected chi connectivity index (χ1v) is 10.5. The van der Waals surface area contributed by atoms with Crippen molar-refractivity contribution in [2.45, 2.75) is 38.0 Å². The van der Waals surface area contributed by atoms with Gasteiger partial charge in [-0.1, -0.05) is 55.3 Å². The van der Waals surface area contributed by atoms with Crippen LogP contribution in [-0.4, -0.2) is 32.5 Å². The van der Waals surface area contributed by atoms with Crippen molar-refractivity contribution in [2.75, 3.05) is 12.4 Å². The van der Waals surface area contributed by atoms with E-state index in [1.54, 1.807) is 24.3 Å². The summed E-state index contributed by atoms with van der Waals surface area (Å²) in [6.07, 6.45) is 1.67. The quantitative estimate of drug-likeness (QED) is 0.485. The highest BCUT2D eigenvalue weighted by atomic mass is 32.2. The highest BCUT2D eigenvalue weighted by Gasteiger charge is 2.18. The number of ether oxygens (including phenoxy) is 1. The second-order valence-corrected chi connectivity index (χ2v) is 8.52. The molecule has 0 heterocycles. The molecule has 0 saturated carbocycles. The lowest BCUT2D eigenvalue weighted by Crippen LogP contribution is -2.17. The maximum Gasteiger partial charge on any atom is 0.307 e. The van der Waals surface area contributed by atoms with Crippen molar-refractivity contribution in [3.05, 3.63) is 65.2 Å². The zero-order chi connectivity index (χ0) is 19.9. The number of hydrogen-bond donors (Lipinski definition) is 0. The molecule has 0 amide bonds. The fourth-order valence-corrected chi connectivity index (χ4v) is 3.75. The predicted molar refractivity (Wildman–Crippen MR) is 104 cm³/mol. The third kappa shape index (κ3) is 6.32. The predicted octanol–water partition coefficient (Wildman–Crippen LogP) is 3.54. The molecule has 0 aliphatic rings. The molecule has 5 nitrogen and oxygen atoms in total. The van der Waals surface area contributed by atoms with E-state index >= 15 is 0 Å². The molecule has 0 aromatic heterocycles. The van der Waals surface area contributed by atoms with E-state index in [0.29, 0.717) is 5.56 Å². The van der Waals surface area contributed by atoms with E-state index in [2.05, 4.69) is 6.92 Å². The van der Waals surface area contributed by atoms with Crippen LogP contribution < -0.4 is 0 Å². The number of esters is 1. The summed E-state index contributed by atoms with van der Waals surface area (Å²) in [5.41, 5.74) is 2.57. The van der Waals surface area contributed by atoms with Crippen LogP contribution in [-0.2, 0) is 25.8 Å². The summed E-state index contributed by atoms with van der Waals surface area (Å²) in [6.45, 7) is 3.55. The van der Waals surface area contributed by atoms with Crippen LogP contribution in [0, 0.1) is 6.92 Å². The van der Waals surface area contributed by atoms with Crippen molar-refractivity contribution in [3.63, 3.8) is 0 Å². The van der Waals surface area contributed by atoms with Gasteiger partial charge in [0.25, 0.3) is 0 Å². The smallest absolute Gasteiger partial charge is 0.307 e. The van der Waals surface area contributed by atoms with Crippen molar-refractivity contribution in [2.24, 2.45) is 0 Å². The summed E-state index contributed by atoms with van der Waals surface area (Å²) in [5.74, 6) is -1.37. The van der Waals surface area contributed by atoms with Gasteiger partial charge in [0.05, 0.1) is 17.1 Å². The van der Waals surface area contributed by atoms with E-state index in [1.165, 1.54) is 12.1 Å². The number of Topliss-reactive ketones (excluding diaryl/α,β-unsaturated/α-hetero) is 1. The molecule has 0 aliphatic carbocycles. The second kappa shape index (κ2) is 9.46. The first kappa shape index (κ1) is 20.8. The van der Waals surface area contributed by atoms with E-state index in [9.17, 15) is 18.0 Å². The number of ketones is 1. The third-order valence-corrected chi connectivity index (χ3v) is 5.87. The summed E-state index contributed by atoms with van der Waals surface area (Å²) in [7, 11) is -3.56. The van der Waals surface area contributed by atoms with E-state index < -0.39 is 22.4 Å². The second-order valence-electron chi connectivity index (χ2n) is 6.41. The SMILES string of the molecule is CCCc1ccc(C(=O)COC(=O)CCS(=O)(=O)c2ccc(C)cc2)cc1. The minimum Gasteiger partial charge on any atom is -0.457 e. The highest BCUT2D eigenvalue weighted by molar-refractivity contribution is 7.91. The minimum absolute atomic E-state index is 0.171.